The molecule has 3 aromatic rings. The normalized spacial score (nSPS) is 17.1. The van der Waals surface area contributed by atoms with Gasteiger partial charge in [-0.3, -0.25) is 9.80 Å². The number of fused-ring (bicyclic) bond motifs is 1. The summed E-state index contributed by atoms with van der Waals surface area (Å²) in [6.45, 7) is 5.95. The number of aliphatic hydroxyl groups excluding tert-OH is 1. The molecule has 0 unspecified atom stereocenters. The average molecular weight is 447 g/mol. The molecule has 0 aliphatic carbocycles. The minimum atomic E-state index is -0.515. The molecule has 0 aromatic heterocycles. The Hall–Kier alpha value is -3.06. The minimum Gasteiger partial charge on any atom is -0.491 e. The van der Waals surface area contributed by atoms with E-state index >= 15 is 0 Å². The predicted octanol–water partition coefficient (Wildman–Crippen LogP) is 3.64. The molecular formula is C27H30N2O4. The number of hydrogen-bond donors (Lipinski definition) is 1. The number of rotatable bonds is 8. The van der Waals surface area contributed by atoms with Crippen molar-refractivity contribution in [2.75, 3.05) is 46.1 Å². The van der Waals surface area contributed by atoms with Crippen molar-refractivity contribution in [2.24, 2.45) is 0 Å². The summed E-state index contributed by atoms with van der Waals surface area (Å²) in [6, 6.07) is 24.5. The van der Waals surface area contributed by atoms with E-state index in [2.05, 4.69) is 46.2 Å². The molecule has 1 fully saturated rings. The van der Waals surface area contributed by atoms with Crippen molar-refractivity contribution < 1.29 is 19.3 Å². The van der Waals surface area contributed by atoms with E-state index in [0.717, 1.165) is 55.5 Å². The first-order valence-electron chi connectivity index (χ1n) is 11.5. The molecule has 1 atom stereocenters. The second-order valence-corrected chi connectivity index (χ2v) is 8.62. The van der Waals surface area contributed by atoms with Crippen LogP contribution in [0.3, 0.4) is 0 Å². The Balaban J connectivity index is 1.03. The Bertz CT molecular complexity index is 1030. The van der Waals surface area contributed by atoms with Crippen LogP contribution in [-0.4, -0.2) is 67.1 Å². The monoisotopic (exact) mass is 446 g/mol. The van der Waals surface area contributed by atoms with Crippen LogP contribution in [0.15, 0.2) is 72.8 Å². The molecule has 0 bridgehead atoms. The molecular weight excluding hydrogens is 416 g/mol. The fourth-order valence-corrected chi connectivity index (χ4v) is 4.34. The maximum absolute atomic E-state index is 10.5. The van der Waals surface area contributed by atoms with Crippen LogP contribution in [0.2, 0.25) is 0 Å². The van der Waals surface area contributed by atoms with Gasteiger partial charge in [0.15, 0.2) is 11.5 Å². The first-order chi connectivity index (χ1) is 16.2. The van der Waals surface area contributed by atoms with E-state index < -0.39 is 6.10 Å². The summed E-state index contributed by atoms with van der Waals surface area (Å²) < 4.78 is 16.7. The predicted molar refractivity (Wildman–Crippen MR) is 128 cm³/mol. The number of piperazine rings is 1. The molecule has 2 aliphatic rings. The summed E-state index contributed by atoms with van der Waals surface area (Å²) in [5.41, 5.74) is 3.57. The Morgan fingerprint density at radius 1 is 0.788 bits per heavy atom. The molecule has 2 heterocycles. The maximum atomic E-state index is 10.5. The summed E-state index contributed by atoms with van der Waals surface area (Å²) in [5.74, 6) is 2.44. The molecule has 3 aromatic carbocycles. The van der Waals surface area contributed by atoms with Gasteiger partial charge in [0.25, 0.3) is 0 Å². The zero-order chi connectivity index (χ0) is 22.5. The van der Waals surface area contributed by atoms with Gasteiger partial charge in [-0.1, -0.05) is 48.5 Å². The zero-order valence-electron chi connectivity index (χ0n) is 18.7. The van der Waals surface area contributed by atoms with Gasteiger partial charge in [0.05, 0.1) is 0 Å². The lowest BCUT2D eigenvalue weighted by molar-refractivity contribution is 0.0446. The molecule has 1 saturated heterocycles. The SMILES string of the molecule is O[C@@H](COc1ccc(-c2ccccc2)cc1)CN1CCN(Cc2ccc3c(c2)OCO3)CC1. The van der Waals surface area contributed by atoms with Gasteiger partial charge in [0, 0.05) is 39.3 Å². The Kier molecular flexibility index (Phi) is 6.76. The van der Waals surface area contributed by atoms with Gasteiger partial charge in [0.1, 0.15) is 18.5 Å². The van der Waals surface area contributed by atoms with Gasteiger partial charge in [-0.05, 0) is 41.0 Å². The topological polar surface area (TPSA) is 54.4 Å². The van der Waals surface area contributed by atoms with Gasteiger partial charge in [0.2, 0.25) is 6.79 Å². The van der Waals surface area contributed by atoms with Gasteiger partial charge in [-0.2, -0.15) is 0 Å². The largest absolute Gasteiger partial charge is 0.491 e. The van der Waals surface area contributed by atoms with Crippen LogP contribution in [-0.2, 0) is 6.54 Å². The molecule has 0 radical (unpaired) electrons. The van der Waals surface area contributed by atoms with Crippen LogP contribution >= 0.6 is 0 Å². The molecule has 5 rings (SSSR count). The van der Waals surface area contributed by atoms with Crippen molar-refractivity contribution in [3.8, 4) is 28.4 Å². The first kappa shape index (κ1) is 21.8. The molecule has 0 spiro atoms. The molecule has 0 saturated carbocycles. The minimum absolute atomic E-state index is 0.294. The van der Waals surface area contributed by atoms with Crippen molar-refractivity contribution in [3.05, 3.63) is 78.4 Å². The number of ether oxygens (including phenoxy) is 3. The van der Waals surface area contributed by atoms with Gasteiger partial charge >= 0.3 is 0 Å². The highest BCUT2D eigenvalue weighted by molar-refractivity contribution is 5.63. The van der Waals surface area contributed by atoms with Crippen LogP contribution in [0.1, 0.15) is 5.56 Å². The highest BCUT2D eigenvalue weighted by Gasteiger charge is 2.21. The lowest BCUT2D eigenvalue weighted by Gasteiger charge is -2.35. The highest BCUT2D eigenvalue weighted by atomic mass is 16.7. The fourth-order valence-electron chi connectivity index (χ4n) is 4.34. The molecule has 0 amide bonds. The lowest BCUT2D eigenvalue weighted by Crippen LogP contribution is -2.48. The zero-order valence-corrected chi connectivity index (χ0v) is 18.7. The fraction of sp³-hybridized carbons (Fsp3) is 0.333. The smallest absolute Gasteiger partial charge is 0.231 e. The van der Waals surface area contributed by atoms with Crippen molar-refractivity contribution in [1.29, 1.82) is 0 Å². The maximum Gasteiger partial charge on any atom is 0.231 e. The summed E-state index contributed by atoms with van der Waals surface area (Å²) >= 11 is 0. The number of aliphatic hydroxyl groups is 1. The average Bonchev–Trinajstić information content (AvgIpc) is 3.33. The number of benzene rings is 3. The van der Waals surface area contributed by atoms with Gasteiger partial charge < -0.3 is 19.3 Å². The molecule has 172 valence electrons. The van der Waals surface area contributed by atoms with Crippen molar-refractivity contribution >= 4 is 0 Å². The van der Waals surface area contributed by atoms with Crippen LogP contribution in [0.4, 0.5) is 0 Å². The quantitative estimate of drug-likeness (QED) is 0.570. The Labute approximate surface area is 194 Å². The van der Waals surface area contributed by atoms with Crippen molar-refractivity contribution in [2.45, 2.75) is 12.6 Å². The van der Waals surface area contributed by atoms with Crippen LogP contribution < -0.4 is 14.2 Å². The summed E-state index contributed by atoms with van der Waals surface area (Å²) in [5, 5.41) is 10.5. The molecule has 33 heavy (non-hydrogen) atoms. The van der Waals surface area contributed by atoms with E-state index in [-0.39, 0.29) is 0 Å². The van der Waals surface area contributed by atoms with Crippen LogP contribution in [0, 0.1) is 0 Å². The van der Waals surface area contributed by atoms with E-state index in [0.29, 0.717) is 19.9 Å². The Morgan fingerprint density at radius 3 is 2.27 bits per heavy atom. The van der Waals surface area contributed by atoms with E-state index in [1.54, 1.807) is 0 Å². The third-order valence-corrected chi connectivity index (χ3v) is 6.18. The standard InChI is InChI=1S/C27H30N2O4/c30-24(19-31-25-9-7-23(8-10-25)22-4-2-1-3-5-22)18-29-14-12-28(13-15-29)17-21-6-11-26-27(16-21)33-20-32-26/h1-11,16,24,30H,12-15,17-20H2/t24-/m1/s1. The van der Waals surface area contributed by atoms with Gasteiger partial charge in [-0.25, -0.2) is 0 Å². The third kappa shape index (κ3) is 5.66. The molecule has 1 N–H and O–H groups in total. The number of hydrogen-bond acceptors (Lipinski definition) is 6. The van der Waals surface area contributed by atoms with E-state index in [4.69, 9.17) is 14.2 Å². The summed E-state index contributed by atoms with van der Waals surface area (Å²) in [6.07, 6.45) is -0.515. The first-order valence-corrected chi connectivity index (χ1v) is 11.5. The summed E-state index contributed by atoms with van der Waals surface area (Å²) in [4.78, 5) is 4.74. The molecule has 2 aliphatic heterocycles. The second-order valence-electron chi connectivity index (χ2n) is 8.62. The van der Waals surface area contributed by atoms with Gasteiger partial charge in [-0.15, -0.1) is 0 Å². The summed E-state index contributed by atoms with van der Waals surface area (Å²) in [7, 11) is 0. The van der Waals surface area contributed by atoms with Crippen molar-refractivity contribution in [1.82, 2.24) is 9.80 Å². The van der Waals surface area contributed by atoms with Crippen molar-refractivity contribution in [3.63, 3.8) is 0 Å². The Morgan fingerprint density at radius 2 is 1.48 bits per heavy atom. The number of nitrogens with zero attached hydrogens (tertiary/aromatic N) is 2. The van der Waals surface area contributed by atoms with Crippen LogP contribution in [0.25, 0.3) is 11.1 Å². The second kappa shape index (κ2) is 10.3. The van der Waals surface area contributed by atoms with Crippen LogP contribution in [0.5, 0.6) is 17.2 Å². The molecule has 6 heteroatoms. The van der Waals surface area contributed by atoms with E-state index in [1.807, 2.05) is 36.4 Å². The molecule has 6 nitrogen and oxygen atoms in total. The third-order valence-electron chi connectivity index (χ3n) is 6.18. The van der Waals surface area contributed by atoms with E-state index in [9.17, 15) is 5.11 Å². The highest BCUT2D eigenvalue weighted by Crippen LogP contribution is 2.32. The lowest BCUT2D eigenvalue weighted by atomic mass is 10.1. The van der Waals surface area contributed by atoms with E-state index in [1.165, 1.54) is 11.1 Å². The number of β-amino-alcohol motifs (C(OH)–C–C–N with tert-alkyl or cyclic N) is 1.